The number of unbranched alkanes of at least 4 members (excludes halogenated alkanes) is 2. The fourth-order valence-electron chi connectivity index (χ4n) is 2.95. The number of aliphatic hydroxyl groups is 1. The van der Waals surface area contributed by atoms with Gasteiger partial charge in [-0.3, -0.25) is 9.59 Å². The van der Waals surface area contributed by atoms with Gasteiger partial charge in [0.1, 0.15) is 5.78 Å². The fraction of sp³-hybridized carbons (Fsp3) is 0.765. The molecule has 0 spiro atoms. The molecule has 0 aromatic carbocycles. The van der Waals surface area contributed by atoms with Crippen LogP contribution in [-0.4, -0.2) is 28.1 Å². The highest BCUT2D eigenvalue weighted by Gasteiger charge is 2.34. The Bertz CT molecular complexity index is 375. The van der Waals surface area contributed by atoms with Gasteiger partial charge >= 0.3 is 5.97 Å². The molecule has 2 unspecified atom stereocenters. The first-order valence-corrected chi connectivity index (χ1v) is 8.06. The van der Waals surface area contributed by atoms with Gasteiger partial charge in [-0.05, 0) is 24.7 Å². The second-order valence-corrected chi connectivity index (χ2v) is 6.22. The Hall–Kier alpha value is -1.16. The zero-order valence-electron chi connectivity index (χ0n) is 13.1. The number of ketones is 1. The smallest absolute Gasteiger partial charge is 0.304 e. The van der Waals surface area contributed by atoms with E-state index in [4.69, 9.17) is 5.11 Å². The van der Waals surface area contributed by atoms with E-state index in [1.54, 1.807) is 6.08 Å². The van der Waals surface area contributed by atoms with E-state index in [2.05, 4.69) is 6.92 Å². The molecule has 1 aliphatic carbocycles. The molecule has 1 fully saturated rings. The van der Waals surface area contributed by atoms with Crippen molar-refractivity contribution in [2.75, 3.05) is 0 Å². The summed E-state index contributed by atoms with van der Waals surface area (Å²) in [5.41, 5.74) is 0. The van der Waals surface area contributed by atoms with Gasteiger partial charge in [-0.2, -0.15) is 0 Å². The summed E-state index contributed by atoms with van der Waals surface area (Å²) in [5.74, 6) is -1.14. The van der Waals surface area contributed by atoms with E-state index in [1.165, 1.54) is 12.8 Å². The molecule has 1 aliphatic rings. The van der Waals surface area contributed by atoms with Crippen LogP contribution < -0.4 is 0 Å². The van der Waals surface area contributed by atoms with Crippen molar-refractivity contribution >= 4 is 11.8 Å². The second kappa shape index (κ2) is 8.98. The van der Waals surface area contributed by atoms with Crippen molar-refractivity contribution in [1.82, 2.24) is 0 Å². The minimum atomic E-state index is -0.929. The van der Waals surface area contributed by atoms with Crippen molar-refractivity contribution in [3.05, 3.63) is 12.2 Å². The standard InChI is InChI=1S/C17H28O4/c1-3-4-5-6-12(2)15(18)9-7-13-8-10-16(19)14(13)11-17(20)21/h7,9,12-15,18H,3-6,8,10-11H2,1-2H3,(H,20,21)/t12?,13-,14+,15?/m1/s1. The van der Waals surface area contributed by atoms with Gasteiger partial charge in [0.15, 0.2) is 0 Å². The topological polar surface area (TPSA) is 74.6 Å². The van der Waals surface area contributed by atoms with Crippen LogP contribution in [0.15, 0.2) is 12.2 Å². The lowest BCUT2D eigenvalue weighted by molar-refractivity contribution is -0.140. The van der Waals surface area contributed by atoms with Crippen molar-refractivity contribution < 1.29 is 19.8 Å². The lowest BCUT2D eigenvalue weighted by atomic mass is 9.90. The number of aliphatic hydroxyl groups excluding tert-OH is 1. The first-order valence-electron chi connectivity index (χ1n) is 8.06. The van der Waals surface area contributed by atoms with Crippen molar-refractivity contribution in [3.8, 4) is 0 Å². The highest BCUT2D eigenvalue weighted by Crippen LogP contribution is 2.32. The highest BCUT2D eigenvalue weighted by atomic mass is 16.4. The lowest BCUT2D eigenvalue weighted by Crippen LogP contribution is -2.19. The van der Waals surface area contributed by atoms with Gasteiger partial charge in [-0.15, -0.1) is 0 Å². The van der Waals surface area contributed by atoms with Crippen LogP contribution in [-0.2, 0) is 9.59 Å². The summed E-state index contributed by atoms with van der Waals surface area (Å²) in [6.07, 6.45) is 8.61. The van der Waals surface area contributed by atoms with E-state index in [1.807, 2.05) is 13.0 Å². The first-order chi connectivity index (χ1) is 9.95. The third-order valence-corrected chi connectivity index (χ3v) is 4.45. The van der Waals surface area contributed by atoms with Crippen molar-refractivity contribution in [1.29, 1.82) is 0 Å². The normalized spacial score (nSPS) is 25.4. The SMILES string of the molecule is CCCCCC(C)C(O)C=C[C@@H]1CCC(=O)[C@H]1CC(=O)O. The maximum Gasteiger partial charge on any atom is 0.304 e. The number of hydrogen-bond donors (Lipinski definition) is 2. The maximum absolute atomic E-state index is 11.7. The summed E-state index contributed by atoms with van der Waals surface area (Å²) in [7, 11) is 0. The van der Waals surface area contributed by atoms with E-state index >= 15 is 0 Å². The molecule has 0 amide bonds. The molecule has 1 saturated carbocycles. The Morgan fingerprint density at radius 2 is 2.14 bits per heavy atom. The molecule has 0 radical (unpaired) electrons. The van der Waals surface area contributed by atoms with E-state index in [9.17, 15) is 14.7 Å². The van der Waals surface area contributed by atoms with Gasteiger partial charge in [0.2, 0.25) is 0 Å². The molecule has 2 N–H and O–H groups in total. The number of carbonyl (C=O) groups excluding carboxylic acids is 1. The lowest BCUT2D eigenvalue weighted by Gasteiger charge is -2.17. The molecule has 120 valence electrons. The van der Waals surface area contributed by atoms with Crippen LogP contribution in [0, 0.1) is 17.8 Å². The number of rotatable bonds is 9. The molecule has 0 bridgehead atoms. The number of allylic oxidation sites excluding steroid dienone is 1. The molecule has 0 aliphatic heterocycles. The molecule has 4 heteroatoms. The average Bonchev–Trinajstić information content (AvgIpc) is 2.77. The Balaban J connectivity index is 2.49. The Labute approximate surface area is 127 Å². The summed E-state index contributed by atoms with van der Waals surface area (Å²) in [6, 6.07) is 0. The number of hydrogen-bond acceptors (Lipinski definition) is 3. The van der Waals surface area contributed by atoms with Crippen LogP contribution in [0.2, 0.25) is 0 Å². The minimum Gasteiger partial charge on any atom is -0.481 e. The molecule has 21 heavy (non-hydrogen) atoms. The van der Waals surface area contributed by atoms with E-state index in [0.29, 0.717) is 12.8 Å². The summed E-state index contributed by atoms with van der Waals surface area (Å²) < 4.78 is 0. The fourth-order valence-corrected chi connectivity index (χ4v) is 2.95. The Morgan fingerprint density at radius 1 is 1.43 bits per heavy atom. The van der Waals surface area contributed by atoms with Crippen LogP contribution in [0.5, 0.6) is 0 Å². The number of carboxylic acid groups (broad SMARTS) is 1. The van der Waals surface area contributed by atoms with Crippen LogP contribution in [0.25, 0.3) is 0 Å². The van der Waals surface area contributed by atoms with Gasteiger partial charge in [0, 0.05) is 12.3 Å². The Morgan fingerprint density at radius 3 is 2.76 bits per heavy atom. The van der Waals surface area contributed by atoms with Gasteiger partial charge in [0.05, 0.1) is 12.5 Å². The maximum atomic E-state index is 11.7. The zero-order chi connectivity index (χ0) is 15.8. The molecule has 0 heterocycles. The van der Waals surface area contributed by atoms with Crippen LogP contribution >= 0.6 is 0 Å². The predicted octanol–water partition coefficient (Wildman–Crippen LogP) is 3.19. The first kappa shape index (κ1) is 17.9. The number of carboxylic acids is 1. The molecule has 0 aromatic heterocycles. The summed E-state index contributed by atoms with van der Waals surface area (Å²) in [4.78, 5) is 22.5. The molecule has 0 saturated heterocycles. The van der Waals surface area contributed by atoms with Crippen LogP contribution in [0.1, 0.15) is 58.8 Å². The molecular formula is C17H28O4. The van der Waals surface area contributed by atoms with Crippen molar-refractivity contribution in [3.63, 3.8) is 0 Å². The summed E-state index contributed by atoms with van der Waals surface area (Å²) in [5, 5.41) is 19.0. The van der Waals surface area contributed by atoms with Gasteiger partial charge in [-0.1, -0.05) is 45.3 Å². The van der Waals surface area contributed by atoms with Crippen molar-refractivity contribution in [2.24, 2.45) is 17.8 Å². The van der Waals surface area contributed by atoms with Gasteiger partial charge in [-0.25, -0.2) is 0 Å². The summed E-state index contributed by atoms with van der Waals surface area (Å²) >= 11 is 0. The predicted molar refractivity (Wildman–Crippen MR) is 81.9 cm³/mol. The second-order valence-electron chi connectivity index (χ2n) is 6.22. The largest absolute Gasteiger partial charge is 0.481 e. The number of aliphatic carboxylic acids is 1. The molecule has 1 rings (SSSR count). The molecule has 0 aromatic rings. The average molecular weight is 296 g/mol. The van der Waals surface area contributed by atoms with Gasteiger partial charge < -0.3 is 10.2 Å². The summed E-state index contributed by atoms with van der Waals surface area (Å²) in [6.45, 7) is 4.18. The molecule has 4 atom stereocenters. The highest BCUT2D eigenvalue weighted by molar-refractivity contribution is 5.87. The number of carbonyl (C=O) groups is 2. The van der Waals surface area contributed by atoms with Crippen LogP contribution in [0.4, 0.5) is 0 Å². The monoisotopic (exact) mass is 296 g/mol. The zero-order valence-corrected chi connectivity index (χ0v) is 13.1. The quantitative estimate of drug-likeness (QED) is 0.506. The third kappa shape index (κ3) is 6.00. The van der Waals surface area contributed by atoms with E-state index < -0.39 is 18.0 Å². The molecule has 4 nitrogen and oxygen atoms in total. The van der Waals surface area contributed by atoms with E-state index in [0.717, 1.165) is 12.8 Å². The Kier molecular flexibility index (Phi) is 7.65. The third-order valence-electron chi connectivity index (χ3n) is 4.45. The van der Waals surface area contributed by atoms with Gasteiger partial charge in [0.25, 0.3) is 0 Å². The minimum absolute atomic E-state index is 0.0360. The molecular weight excluding hydrogens is 268 g/mol. The van der Waals surface area contributed by atoms with Crippen molar-refractivity contribution in [2.45, 2.75) is 64.9 Å². The van der Waals surface area contributed by atoms with E-state index in [-0.39, 0.29) is 24.0 Å². The number of Topliss-reactive ketones (excluding diaryl/α,β-unsaturated/α-hetero) is 1. The van der Waals surface area contributed by atoms with Crippen LogP contribution in [0.3, 0.4) is 0 Å².